The van der Waals surface area contributed by atoms with Gasteiger partial charge in [0.2, 0.25) is 5.95 Å². The molecule has 128 valence electrons. The van der Waals surface area contributed by atoms with E-state index in [2.05, 4.69) is 27.4 Å². The van der Waals surface area contributed by atoms with Gasteiger partial charge in [-0.05, 0) is 30.7 Å². The SMILES string of the molecule is Cc1cc(Nc2cc(Cl)ccc2Cl)nc(N(C)Cc2ccccc2)n1. The molecule has 2 aromatic carbocycles. The molecule has 0 unspecified atom stereocenters. The second kappa shape index (κ2) is 7.72. The molecule has 0 aliphatic rings. The van der Waals surface area contributed by atoms with Crippen LogP contribution in [0.25, 0.3) is 0 Å². The van der Waals surface area contributed by atoms with Crippen LogP contribution in [-0.2, 0) is 6.54 Å². The van der Waals surface area contributed by atoms with E-state index in [1.807, 2.05) is 43.1 Å². The first-order chi connectivity index (χ1) is 12.0. The second-order valence-electron chi connectivity index (χ2n) is 5.79. The Hall–Kier alpha value is -2.30. The van der Waals surface area contributed by atoms with Crippen molar-refractivity contribution in [1.82, 2.24) is 9.97 Å². The lowest BCUT2D eigenvalue weighted by molar-refractivity contribution is 0.861. The maximum Gasteiger partial charge on any atom is 0.227 e. The first-order valence-corrected chi connectivity index (χ1v) is 8.59. The van der Waals surface area contributed by atoms with Gasteiger partial charge >= 0.3 is 0 Å². The van der Waals surface area contributed by atoms with E-state index in [1.165, 1.54) is 5.56 Å². The van der Waals surface area contributed by atoms with Gasteiger partial charge in [-0.1, -0.05) is 53.5 Å². The fourth-order valence-corrected chi connectivity index (χ4v) is 2.78. The van der Waals surface area contributed by atoms with Crippen molar-refractivity contribution in [3.63, 3.8) is 0 Å². The summed E-state index contributed by atoms with van der Waals surface area (Å²) in [5.41, 5.74) is 2.77. The van der Waals surface area contributed by atoms with Crippen LogP contribution in [-0.4, -0.2) is 17.0 Å². The minimum absolute atomic E-state index is 0.583. The van der Waals surface area contributed by atoms with Crippen LogP contribution in [0.4, 0.5) is 17.5 Å². The standard InChI is InChI=1S/C19H18Cl2N4/c1-13-10-18(23-17-11-15(20)8-9-16(17)21)24-19(22-13)25(2)12-14-6-4-3-5-7-14/h3-11H,12H2,1-2H3,(H,22,23,24). The zero-order valence-corrected chi connectivity index (χ0v) is 15.5. The van der Waals surface area contributed by atoms with E-state index in [-0.39, 0.29) is 0 Å². The van der Waals surface area contributed by atoms with E-state index < -0.39 is 0 Å². The van der Waals surface area contributed by atoms with E-state index in [4.69, 9.17) is 23.2 Å². The van der Waals surface area contributed by atoms with Gasteiger partial charge in [-0.25, -0.2) is 4.98 Å². The molecular formula is C19H18Cl2N4. The predicted octanol–water partition coefficient (Wildman–Crippen LogP) is 5.47. The molecule has 0 saturated heterocycles. The van der Waals surface area contributed by atoms with E-state index in [0.717, 1.165) is 12.2 Å². The van der Waals surface area contributed by atoms with Crippen molar-refractivity contribution in [2.24, 2.45) is 0 Å². The van der Waals surface area contributed by atoms with Gasteiger partial charge in [0, 0.05) is 30.4 Å². The normalized spacial score (nSPS) is 10.6. The van der Waals surface area contributed by atoms with Crippen LogP contribution in [0.1, 0.15) is 11.3 Å². The number of benzene rings is 2. The Kier molecular flexibility index (Phi) is 5.41. The summed E-state index contributed by atoms with van der Waals surface area (Å²) in [6.45, 7) is 2.66. The number of hydrogen-bond donors (Lipinski definition) is 1. The molecule has 0 fully saturated rings. The summed E-state index contributed by atoms with van der Waals surface area (Å²) in [6.07, 6.45) is 0. The Morgan fingerprint density at radius 1 is 1.00 bits per heavy atom. The lowest BCUT2D eigenvalue weighted by atomic mass is 10.2. The Morgan fingerprint density at radius 3 is 2.52 bits per heavy atom. The quantitative estimate of drug-likeness (QED) is 0.644. The molecule has 4 nitrogen and oxygen atoms in total. The van der Waals surface area contributed by atoms with Crippen molar-refractivity contribution in [1.29, 1.82) is 0 Å². The van der Waals surface area contributed by atoms with Crippen LogP contribution in [0.5, 0.6) is 0 Å². The molecule has 0 radical (unpaired) electrons. The van der Waals surface area contributed by atoms with E-state index in [1.54, 1.807) is 18.2 Å². The molecule has 6 heteroatoms. The maximum atomic E-state index is 6.22. The first kappa shape index (κ1) is 17.5. The fourth-order valence-electron chi connectivity index (χ4n) is 2.45. The molecular weight excluding hydrogens is 355 g/mol. The molecule has 0 aliphatic carbocycles. The Morgan fingerprint density at radius 2 is 1.76 bits per heavy atom. The smallest absolute Gasteiger partial charge is 0.227 e. The number of nitrogens with zero attached hydrogens (tertiary/aromatic N) is 3. The maximum absolute atomic E-state index is 6.22. The number of rotatable bonds is 5. The summed E-state index contributed by atoms with van der Waals surface area (Å²) < 4.78 is 0. The highest BCUT2D eigenvalue weighted by Crippen LogP contribution is 2.28. The second-order valence-corrected chi connectivity index (χ2v) is 6.63. The van der Waals surface area contributed by atoms with Gasteiger partial charge in [-0.3, -0.25) is 0 Å². The zero-order valence-electron chi connectivity index (χ0n) is 14.0. The molecule has 0 atom stereocenters. The Labute approximate surface area is 157 Å². The largest absolute Gasteiger partial charge is 0.339 e. The van der Waals surface area contributed by atoms with Gasteiger partial charge in [-0.2, -0.15) is 4.98 Å². The third-order valence-corrected chi connectivity index (χ3v) is 4.20. The molecule has 1 aromatic heterocycles. The number of aromatic nitrogens is 2. The summed E-state index contributed by atoms with van der Waals surface area (Å²) in [7, 11) is 1.97. The van der Waals surface area contributed by atoms with Crippen LogP contribution in [0.3, 0.4) is 0 Å². The minimum Gasteiger partial charge on any atom is -0.339 e. The molecule has 0 amide bonds. The summed E-state index contributed by atoms with van der Waals surface area (Å²) >= 11 is 12.3. The van der Waals surface area contributed by atoms with Crippen molar-refractivity contribution in [2.75, 3.05) is 17.3 Å². The summed E-state index contributed by atoms with van der Waals surface area (Å²) in [5, 5.41) is 4.41. The highest BCUT2D eigenvalue weighted by atomic mass is 35.5. The highest BCUT2D eigenvalue weighted by molar-refractivity contribution is 6.35. The van der Waals surface area contributed by atoms with Crippen LogP contribution < -0.4 is 10.2 Å². The summed E-state index contributed by atoms with van der Waals surface area (Å²) in [6, 6.07) is 17.4. The molecule has 3 aromatic rings. The van der Waals surface area contributed by atoms with Gasteiger partial charge in [0.05, 0.1) is 10.7 Å². The van der Waals surface area contributed by atoms with Crippen LogP contribution >= 0.6 is 23.2 Å². The molecule has 0 aliphatic heterocycles. The lowest BCUT2D eigenvalue weighted by Crippen LogP contribution is -2.19. The number of aryl methyl sites for hydroxylation is 1. The molecule has 3 rings (SSSR count). The van der Waals surface area contributed by atoms with Gasteiger partial charge in [0.25, 0.3) is 0 Å². The third kappa shape index (κ3) is 4.62. The highest BCUT2D eigenvalue weighted by Gasteiger charge is 2.10. The monoisotopic (exact) mass is 372 g/mol. The topological polar surface area (TPSA) is 41.1 Å². The molecule has 25 heavy (non-hydrogen) atoms. The van der Waals surface area contributed by atoms with Crippen LogP contribution in [0.2, 0.25) is 10.0 Å². The fraction of sp³-hybridized carbons (Fsp3) is 0.158. The molecule has 0 bridgehead atoms. The van der Waals surface area contributed by atoms with Crippen molar-refractivity contribution < 1.29 is 0 Å². The van der Waals surface area contributed by atoms with Gasteiger partial charge < -0.3 is 10.2 Å². The number of anilines is 3. The van der Waals surface area contributed by atoms with E-state index in [9.17, 15) is 0 Å². The predicted molar refractivity (Wildman–Crippen MR) is 105 cm³/mol. The average Bonchev–Trinajstić information content (AvgIpc) is 2.58. The first-order valence-electron chi connectivity index (χ1n) is 7.84. The number of nitrogens with one attached hydrogen (secondary N) is 1. The van der Waals surface area contributed by atoms with Crippen molar-refractivity contribution in [3.8, 4) is 0 Å². The zero-order chi connectivity index (χ0) is 17.8. The molecule has 0 saturated carbocycles. The van der Waals surface area contributed by atoms with Gasteiger partial charge in [0.1, 0.15) is 5.82 Å². The third-order valence-electron chi connectivity index (χ3n) is 3.64. The number of hydrogen-bond acceptors (Lipinski definition) is 4. The van der Waals surface area contributed by atoms with Crippen LogP contribution in [0, 0.1) is 6.92 Å². The van der Waals surface area contributed by atoms with Gasteiger partial charge in [0.15, 0.2) is 0 Å². The van der Waals surface area contributed by atoms with E-state index in [0.29, 0.717) is 27.5 Å². The van der Waals surface area contributed by atoms with E-state index >= 15 is 0 Å². The molecule has 1 N–H and O–H groups in total. The Bertz CT molecular complexity index is 869. The van der Waals surface area contributed by atoms with Crippen molar-refractivity contribution in [2.45, 2.75) is 13.5 Å². The molecule has 0 spiro atoms. The summed E-state index contributed by atoms with van der Waals surface area (Å²) in [5.74, 6) is 1.32. The summed E-state index contributed by atoms with van der Waals surface area (Å²) in [4.78, 5) is 11.1. The molecule has 1 heterocycles. The van der Waals surface area contributed by atoms with Crippen molar-refractivity contribution in [3.05, 3.63) is 75.9 Å². The van der Waals surface area contributed by atoms with Gasteiger partial charge in [-0.15, -0.1) is 0 Å². The van der Waals surface area contributed by atoms with Crippen molar-refractivity contribution >= 4 is 40.7 Å². The minimum atomic E-state index is 0.583. The number of halogens is 2. The van der Waals surface area contributed by atoms with Crippen LogP contribution in [0.15, 0.2) is 54.6 Å². The lowest BCUT2D eigenvalue weighted by Gasteiger charge is -2.19. The average molecular weight is 373 g/mol. The Balaban J connectivity index is 1.84.